The van der Waals surface area contributed by atoms with E-state index in [1.807, 2.05) is 18.2 Å². The van der Waals surface area contributed by atoms with Gasteiger partial charge in [0.25, 0.3) is 5.69 Å². The first-order valence-corrected chi connectivity index (χ1v) is 8.63. The van der Waals surface area contributed by atoms with Crippen LogP contribution in [0.5, 0.6) is 11.5 Å². The average Bonchev–Trinajstić information content (AvgIpc) is 3.00. The van der Waals surface area contributed by atoms with Crippen molar-refractivity contribution in [3.05, 3.63) is 59.1 Å². The third kappa shape index (κ3) is 2.99. The second-order valence-corrected chi connectivity index (χ2v) is 6.32. The third-order valence-corrected chi connectivity index (χ3v) is 4.71. The summed E-state index contributed by atoms with van der Waals surface area (Å²) in [5, 5.41) is 11.9. The van der Waals surface area contributed by atoms with Crippen LogP contribution in [0.4, 0.5) is 0 Å². The lowest BCUT2D eigenvalue weighted by Crippen LogP contribution is -2.41. The Labute approximate surface area is 146 Å². The molecule has 130 valence electrons. The van der Waals surface area contributed by atoms with Crippen molar-refractivity contribution in [2.45, 2.75) is 25.3 Å². The van der Waals surface area contributed by atoms with Crippen molar-refractivity contribution in [3.8, 4) is 11.5 Å². The van der Waals surface area contributed by atoms with Gasteiger partial charge in [-0.3, -0.25) is 4.79 Å². The standard InChI is InChI=1S/C19H20N2O4/c22-19(16-5-1-2-10-21(16)23)20-9-3-6-15(20)14-7-8-17-18(13-14)25-12-4-11-24-17/h1-2,5,7-8,10,13,15H,3-4,6,9,11-12H2/t15-/m1/s1. The van der Waals surface area contributed by atoms with Gasteiger partial charge in [0.2, 0.25) is 0 Å². The fourth-order valence-corrected chi connectivity index (χ4v) is 3.48. The minimum atomic E-state index is -0.231. The van der Waals surface area contributed by atoms with E-state index in [-0.39, 0.29) is 17.6 Å². The van der Waals surface area contributed by atoms with Crippen molar-refractivity contribution in [1.82, 2.24) is 4.90 Å². The Morgan fingerprint density at radius 1 is 1.12 bits per heavy atom. The number of fused-ring (bicyclic) bond motifs is 1. The maximum absolute atomic E-state index is 12.8. The maximum atomic E-state index is 12.8. The molecule has 6 heteroatoms. The molecule has 0 N–H and O–H groups in total. The van der Waals surface area contributed by atoms with Gasteiger partial charge in [0.15, 0.2) is 17.7 Å². The van der Waals surface area contributed by atoms with Crippen molar-refractivity contribution in [2.75, 3.05) is 19.8 Å². The van der Waals surface area contributed by atoms with Crippen molar-refractivity contribution in [2.24, 2.45) is 0 Å². The van der Waals surface area contributed by atoms with Crippen molar-refractivity contribution in [3.63, 3.8) is 0 Å². The van der Waals surface area contributed by atoms with Crippen LogP contribution in [0.15, 0.2) is 42.6 Å². The third-order valence-electron chi connectivity index (χ3n) is 4.71. The fraction of sp³-hybridized carbons (Fsp3) is 0.368. The molecule has 0 aliphatic carbocycles. The number of pyridine rings is 1. The smallest absolute Gasteiger partial charge is 0.320 e. The lowest BCUT2D eigenvalue weighted by atomic mass is 10.0. The van der Waals surface area contributed by atoms with E-state index in [1.165, 1.54) is 6.20 Å². The molecule has 1 aromatic carbocycles. The van der Waals surface area contributed by atoms with Crippen LogP contribution in [0.3, 0.4) is 0 Å². The van der Waals surface area contributed by atoms with Crippen molar-refractivity contribution in [1.29, 1.82) is 0 Å². The molecule has 0 unspecified atom stereocenters. The molecule has 2 aromatic rings. The Kier molecular flexibility index (Phi) is 4.17. The summed E-state index contributed by atoms with van der Waals surface area (Å²) in [5.41, 5.74) is 1.17. The number of benzene rings is 1. The largest absolute Gasteiger partial charge is 0.618 e. The molecule has 1 aromatic heterocycles. The van der Waals surface area contributed by atoms with E-state index in [4.69, 9.17) is 9.47 Å². The SMILES string of the molecule is O=C(c1cccc[n+]1[O-])N1CCC[C@@H]1c1ccc2c(c1)OCCCO2. The molecule has 25 heavy (non-hydrogen) atoms. The van der Waals surface area contributed by atoms with Crippen LogP contribution in [0.25, 0.3) is 0 Å². The van der Waals surface area contributed by atoms with Crippen LogP contribution >= 0.6 is 0 Å². The van der Waals surface area contributed by atoms with Gasteiger partial charge in [-0.15, -0.1) is 0 Å². The van der Waals surface area contributed by atoms with E-state index in [1.54, 1.807) is 23.1 Å². The Morgan fingerprint density at radius 3 is 2.80 bits per heavy atom. The Hall–Kier alpha value is -2.76. The van der Waals surface area contributed by atoms with Gasteiger partial charge in [0.05, 0.1) is 19.3 Å². The van der Waals surface area contributed by atoms with Gasteiger partial charge in [0, 0.05) is 25.1 Å². The molecule has 1 atom stereocenters. The van der Waals surface area contributed by atoms with Gasteiger partial charge >= 0.3 is 5.91 Å². The van der Waals surface area contributed by atoms with Crippen LogP contribution in [0.2, 0.25) is 0 Å². The maximum Gasteiger partial charge on any atom is 0.320 e. The normalized spacial score (nSPS) is 19.5. The first-order valence-electron chi connectivity index (χ1n) is 8.63. The lowest BCUT2D eigenvalue weighted by molar-refractivity contribution is -0.608. The number of ether oxygens (including phenoxy) is 2. The zero-order chi connectivity index (χ0) is 17.2. The number of carbonyl (C=O) groups is 1. The molecular weight excluding hydrogens is 320 g/mol. The van der Waals surface area contributed by atoms with Crippen LogP contribution in [-0.4, -0.2) is 30.6 Å². The van der Waals surface area contributed by atoms with Crippen LogP contribution in [0, 0.1) is 5.21 Å². The van der Waals surface area contributed by atoms with E-state index in [9.17, 15) is 10.0 Å². The summed E-state index contributed by atoms with van der Waals surface area (Å²) in [7, 11) is 0. The quantitative estimate of drug-likeness (QED) is 0.622. The predicted octanol–water partition coefficient (Wildman–Crippen LogP) is 2.46. The highest BCUT2D eigenvalue weighted by Crippen LogP contribution is 2.38. The minimum Gasteiger partial charge on any atom is -0.618 e. The number of hydrogen-bond donors (Lipinski definition) is 0. The molecule has 2 aliphatic heterocycles. The van der Waals surface area contributed by atoms with Crippen LogP contribution < -0.4 is 14.2 Å². The highest BCUT2D eigenvalue weighted by atomic mass is 16.5. The highest BCUT2D eigenvalue weighted by molar-refractivity contribution is 5.91. The summed E-state index contributed by atoms with van der Waals surface area (Å²) in [6.45, 7) is 1.93. The number of rotatable bonds is 2. The molecule has 2 aliphatic rings. The number of nitrogens with zero attached hydrogens (tertiary/aromatic N) is 2. The van der Waals surface area contributed by atoms with Crippen LogP contribution in [0.1, 0.15) is 41.4 Å². The van der Waals surface area contributed by atoms with Crippen LogP contribution in [-0.2, 0) is 0 Å². The molecule has 0 spiro atoms. The second-order valence-electron chi connectivity index (χ2n) is 6.32. The fourth-order valence-electron chi connectivity index (χ4n) is 3.48. The van der Waals surface area contributed by atoms with Crippen molar-refractivity contribution >= 4 is 5.91 Å². The lowest BCUT2D eigenvalue weighted by Gasteiger charge is -2.25. The number of likely N-dealkylation sites (tertiary alicyclic amines) is 1. The van der Waals surface area contributed by atoms with E-state index in [0.717, 1.165) is 36.3 Å². The Morgan fingerprint density at radius 2 is 1.96 bits per heavy atom. The topological polar surface area (TPSA) is 65.7 Å². The zero-order valence-corrected chi connectivity index (χ0v) is 13.9. The monoisotopic (exact) mass is 340 g/mol. The predicted molar refractivity (Wildman–Crippen MR) is 90.5 cm³/mol. The second kappa shape index (κ2) is 6.63. The summed E-state index contributed by atoms with van der Waals surface area (Å²) >= 11 is 0. The molecule has 6 nitrogen and oxygen atoms in total. The van der Waals surface area contributed by atoms with Gasteiger partial charge in [-0.1, -0.05) is 6.07 Å². The number of carbonyl (C=O) groups excluding carboxylic acids is 1. The van der Waals surface area contributed by atoms with E-state index in [0.29, 0.717) is 24.5 Å². The van der Waals surface area contributed by atoms with E-state index in [2.05, 4.69) is 0 Å². The van der Waals surface area contributed by atoms with Crippen molar-refractivity contribution < 1.29 is 19.0 Å². The van der Waals surface area contributed by atoms with Gasteiger partial charge in [-0.05, 0) is 36.6 Å². The number of hydrogen-bond acceptors (Lipinski definition) is 4. The number of amides is 1. The molecule has 1 amide bonds. The highest BCUT2D eigenvalue weighted by Gasteiger charge is 2.34. The van der Waals surface area contributed by atoms with E-state index < -0.39 is 0 Å². The average molecular weight is 340 g/mol. The summed E-state index contributed by atoms with van der Waals surface area (Å²) in [6, 6.07) is 10.7. The van der Waals surface area contributed by atoms with Gasteiger partial charge in [0.1, 0.15) is 0 Å². The Balaban J connectivity index is 1.63. The molecular formula is C19H20N2O4. The molecule has 4 rings (SSSR count). The number of aromatic nitrogens is 1. The Bertz CT molecular complexity index is 793. The van der Waals surface area contributed by atoms with Gasteiger partial charge < -0.3 is 19.6 Å². The first kappa shape index (κ1) is 15.7. The minimum absolute atomic E-state index is 0.0511. The first-order chi connectivity index (χ1) is 12.2. The molecule has 0 radical (unpaired) electrons. The molecule has 0 saturated carbocycles. The van der Waals surface area contributed by atoms with Gasteiger partial charge in [-0.2, -0.15) is 4.73 Å². The van der Waals surface area contributed by atoms with E-state index >= 15 is 0 Å². The summed E-state index contributed by atoms with van der Waals surface area (Å²) in [4.78, 5) is 14.6. The molecule has 1 saturated heterocycles. The summed E-state index contributed by atoms with van der Waals surface area (Å²) in [6.07, 6.45) is 4.00. The zero-order valence-electron chi connectivity index (χ0n) is 13.9. The van der Waals surface area contributed by atoms with Gasteiger partial charge in [-0.25, -0.2) is 0 Å². The molecule has 0 bridgehead atoms. The molecule has 1 fully saturated rings. The molecule has 3 heterocycles. The summed E-state index contributed by atoms with van der Waals surface area (Å²) < 4.78 is 12.1. The summed E-state index contributed by atoms with van der Waals surface area (Å²) in [5.74, 6) is 1.25.